The second-order valence-corrected chi connectivity index (χ2v) is 6.51. The van der Waals surface area contributed by atoms with E-state index in [0.29, 0.717) is 16.5 Å². The van der Waals surface area contributed by atoms with Crippen molar-refractivity contribution in [1.29, 1.82) is 0 Å². The van der Waals surface area contributed by atoms with Crippen molar-refractivity contribution in [3.05, 3.63) is 65.3 Å². The predicted molar refractivity (Wildman–Crippen MR) is 97.2 cm³/mol. The van der Waals surface area contributed by atoms with E-state index in [1.54, 1.807) is 13.2 Å². The number of methoxy groups -OCH3 is 1. The largest absolute Gasteiger partial charge is 0.497 e. The molecule has 0 aliphatic heterocycles. The van der Waals surface area contributed by atoms with Crippen LogP contribution >= 0.6 is 11.3 Å². The van der Waals surface area contributed by atoms with Gasteiger partial charge in [-0.3, -0.25) is 0 Å². The predicted octanol–water partition coefficient (Wildman–Crippen LogP) is 4.32. The van der Waals surface area contributed by atoms with Crippen LogP contribution in [0.2, 0.25) is 0 Å². The molecular weight excluding hydrogens is 352 g/mol. The number of benzene rings is 2. The van der Waals surface area contributed by atoms with E-state index in [9.17, 15) is 4.79 Å². The number of thiazole rings is 1. The molecule has 0 unspecified atom stereocenters. The summed E-state index contributed by atoms with van der Waals surface area (Å²) in [5, 5.41) is 4.27. The minimum atomic E-state index is -0.475. The highest BCUT2D eigenvalue weighted by Crippen LogP contribution is 2.25. The van der Waals surface area contributed by atoms with Gasteiger partial charge in [0.15, 0.2) is 5.76 Å². The lowest BCUT2D eigenvalue weighted by Crippen LogP contribution is -2.04. The van der Waals surface area contributed by atoms with Gasteiger partial charge in [0, 0.05) is 11.6 Å². The van der Waals surface area contributed by atoms with Crippen molar-refractivity contribution in [3.63, 3.8) is 0 Å². The molecule has 0 saturated heterocycles. The van der Waals surface area contributed by atoms with Crippen molar-refractivity contribution in [1.82, 2.24) is 10.1 Å². The van der Waals surface area contributed by atoms with Gasteiger partial charge in [0.25, 0.3) is 0 Å². The fraction of sp³-hybridized carbons (Fsp3) is 0.105. The molecule has 7 heteroatoms. The van der Waals surface area contributed by atoms with Gasteiger partial charge in [0.05, 0.1) is 17.3 Å². The van der Waals surface area contributed by atoms with E-state index in [-0.39, 0.29) is 6.61 Å². The van der Waals surface area contributed by atoms with E-state index in [2.05, 4.69) is 10.1 Å². The van der Waals surface area contributed by atoms with E-state index < -0.39 is 5.97 Å². The van der Waals surface area contributed by atoms with Gasteiger partial charge < -0.3 is 14.0 Å². The van der Waals surface area contributed by atoms with Gasteiger partial charge >= 0.3 is 5.97 Å². The Morgan fingerprint density at radius 1 is 1.15 bits per heavy atom. The van der Waals surface area contributed by atoms with E-state index in [1.807, 2.05) is 48.5 Å². The molecule has 2 aromatic carbocycles. The quantitative estimate of drug-likeness (QED) is 0.490. The number of nitrogens with zero attached hydrogens (tertiary/aromatic N) is 2. The van der Waals surface area contributed by atoms with Crippen molar-refractivity contribution in [2.24, 2.45) is 0 Å². The third-order valence-electron chi connectivity index (χ3n) is 3.73. The van der Waals surface area contributed by atoms with Crippen molar-refractivity contribution in [3.8, 4) is 17.1 Å². The fourth-order valence-electron chi connectivity index (χ4n) is 2.45. The highest BCUT2D eigenvalue weighted by molar-refractivity contribution is 7.20. The Hall–Kier alpha value is -3.19. The summed E-state index contributed by atoms with van der Waals surface area (Å²) < 4.78 is 16.8. The van der Waals surface area contributed by atoms with E-state index in [0.717, 1.165) is 21.5 Å². The molecule has 0 aliphatic rings. The lowest BCUT2D eigenvalue weighted by molar-refractivity contribution is 0.0464. The van der Waals surface area contributed by atoms with Crippen LogP contribution in [0.3, 0.4) is 0 Å². The van der Waals surface area contributed by atoms with Gasteiger partial charge in [-0.25, -0.2) is 9.78 Å². The van der Waals surface area contributed by atoms with Crippen LogP contribution in [-0.2, 0) is 11.3 Å². The van der Waals surface area contributed by atoms with E-state index in [4.69, 9.17) is 14.0 Å². The Bertz CT molecular complexity index is 1040. The Morgan fingerprint density at radius 2 is 2.04 bits per heavy atom. The SMILES string of the molecule is COc1cccc(-c2cc(COC(=O)c3nc4ccccc4s3)no2)c1. The van der Waals surface area contributed by atoms with Gasteiger partial charge in [0.2, 0.25) is 5.01 Å². The third kappa shape index (κ3) is 3.29. The maximum atomic E-state index is 12.2. The summed E-state index contributed by atoms with van der Waals surface area (Å²) in [7, 11) is 1.60. The van der Waals surface area contributed by atoms with Crippen LogP contribution in [0.5, 0.6) is 5.75 Å². The molecule has 0 N–H and O–H groups in total. The van der Waals surface area contributed by atoms with Gasteiger partial charge in [-0.2, -0.15) is 0 Å². The van der Waals surface area contributed by atoms with Crippen LogP contribution in [0, 0.1) is 0 Å². The maximum absolute atomic E-state index is 12.2. The normalized spacial score (nSPS) is 10.8. The summed E-state index contributed by atoms with van der Waals surface area (Å²) in [6.45, 7) is 0.0161. The fourth-order valence-corrected chi connectivity index (χ4v) is 3.31. The molecular formula is C19H14N2O4S. The number of para-hydroxylation sites is 1. The molecule has 2 aromatic heterocycles. The van der Waals surface area contributed by atoms with Crippen LogP contribution in [0.25, 0.3) is 21.5 Å². The molecule has 0 fully saturated rings. The summed E-state index contributed by atoms with van der Waals surface area (Å²) in [5.41, 5.74) is 2.14. The minimum Gasteiger partial charge on any atom is -0.497 e. The van der Waals surface area contributed by atoms with E-state index in [1.165, 1.54) is 11.3 Å². The number of aromatic nitrogens is 2. The maximum Gasteiger partial charge on any atom is 0.367 e. The van der Waals surface area contributed by atoms with Gasteiger partial charge in [-0.15, -0.1) is 11.3 Å². The number of ether oxygens (including phenoxy) is 2. The molecule has 0 bridgehead atoms. The van der Waals surface area contributed by atoms with Gasteiger partial charge in [0.1, 0.15) is 18.1 Å². The number of hydrogen-bond donors (Lipinski definition) is 0. The first-order valence-corrected chi connectivity index (χ1v) is 8.67. The summed E-state index contributed by atoms with van der Waals surface area (Å²) in [5.74, 6) is 0.829. The molecule has 6 nitrogen and oxygen atoms in total. The number of fused-ring (bicyclic) bond motifs is 1. The highest BCUT2D eigenvalue weighted by atomic mass is 32.1. The summed E-state index contributed by atoms with van der Waals surface area (Å²) in [6, 6.07) is 16.8. The first-order valence-electron chi connectivity index (χ1n) is 7.85. The van der Waals surface area contributed by atoms with Crippen molar-refractivity contribution in [2.75, 3.05) is 7.11 Å². The third-order valence-corrected chi connectivity index (χ3v) is 4.75. The lowest BCUT2D eigenvalue weighted by Gasteiger charge is -2.00. The molecule has 0 amide bonds. The smallest absolute Gasteiger partial charge is 0.367 e. The molecule has 26 heavy (non-hydrogen) atoms. The topological polar surface area (TPSA) is 74.5 Å². The van der Waals surface area contributed by atoms with Crippen molar-refractivity contribution in [2.45, 2.75) is 6.61 Å². The number of hydrogen-bond acceptors (Lipinski definition) is 7. The van der Waals surface area contributed by atoms with Crippen LogP contribution in [0.4, 0.5) is 0 Å². The first kappa shape index (κ1) is 16.3. The van der Waals surface area contributed by atoms with Crippen molar-refractivity contribution < 1.29 is 18.8 Å². The Balaban J connectivity index is 1.44. The zero-order valence-electron chi connectivity index (χ0n) is 13.8. The Labute approximate surface area is 153 Å². The molecule has 0 spiro atoms. The molecule has 0 atom stereocenters. The second kappa shape index (κ2) is 6.97. The van der Waals surface area contributed by atoms with Crippen LogP contribution in [0.1, 0.15) is 15.5 Å². The van der Waals surface area contributed by atoms with Crippen LogP contribution in [-0.4, -0.2) is 23.2 Å². The molecule has 130 valence electrons. The minimum absolute atomic E-state index is 0.0161. The molecule has 2 heterocycles. The molecule has 4 aromatic rings. The lowest BCUT2D eigenvalue weighted by atomic mass is 10.1. The molecule has 0 aliphatic carbocycles. The number of carbonyl (C=O) groups excluding carboxylic acids is 1. The van der Waals surface area contributed by atoms with Gasteiger partial charge in [-0.05, 0) is 24.3 Å². The first-order chi connectivity index (χ1) is 12.7. The van der Waals surface area contributed by atoms with Gasteiger partial charge in [-0.1, -0.05) is 29.4 Å². The summed E-state index contributed by atoms with van der Waals surface area (Å²) in [4.78, 5) is 16.5. The van der Waals surface area contributed by atoms with Crippen LogP contribution < -0.4 is 4.74 Å². The molecule has 0 radical (unpaired) electrons. The zero-order valence-corrected chi connectivity index (χ0v) is 14.7. The number of esters is 1. The highest BCUT2D eigenvalue weighted by Gasteiger charge is 2.15. The Morgan fingerprint density at radius 3 is 2.88 bits per heavy atom. The average molecular weight is 366 g/mol. The molecule has 4 rings (SSSR count). The van der Waals surface area contributed by atoms with E-state index >= 15 is 0 Å². The number of rotatable bonds is 5. The average Bonchev–Trinajstić information content (AvgIpc) is 3.33. The second-order valence-electron chi connectivity index (χ2n) is 5.48. The Kier molecular flexibility index (Phi) is 4.37. The zero-order chi connectivity index (χ0) is 17.9. The van der Waals surface area contributed by atoms with Crippen LogP contribution in [0.15, 0.2) is 59.1 Å². The summed E-state index contributed by atoms with van der Waals surface area (Å²) >= 11 is 1.30. The standard InChI is InChI=1S/C19H14N2O4S/c1-23-14-6-4-5-12(9-14)16-10-13(21-25-16)11-24-19(22)18-20-15-7-2-3-8-17(15)26-18/h2-10H,11H2,1H3. The number of carbonyl (C=O) groups is 1. The van der Waals surface area contributed by atoms with Crippen molar-refractivity contribution >= 4 is 27.5 Å². The monoisotopic (exact) mass is 366 g/mol. The summed E-state index contributed by atoms with van der Waals surface area (Å²) in [6.07, 6.45) is 0. The molecule has 0 saturated carbocycles.